The van der Waals surface area contributed by atoms with Gasteiger partial charge in [-0.05, 0) is 26.0 Å². The number of piperazine rings is 1. The monoisotopic (exact) mass is 334 g/mol. The van der Waals surface area contributed by atoms with Crippen molar-refractivity contribution in [1.82, 2.24) is 15.5 Å². The van der Waals surface area contributed by atoms with Gasteiger partial charge in [-0.2, -0.15) is 0 Å². The predicted molar refractivity (Wildman–Crippen MR) is 93.5 cm³/mol. The van der Waals surface area contributed by atoms with Gasteiger partial charge in [0.05, 0.1) is 13.7 Å². The minimum atomic E-state index is -0.439. The van der Waals surface area contributed by atoms with Gasteiger partial charge in [0.15, 0.2) is 0 Å². The van der Waals surface area contributed by atoms with Crippen molar-refractivity contribution in [1.29, 1.82) is 0 Å². The molecule has 1 aliphatic rings. The molecule has 1 aromatic rings. The lowest BCUT2D eigenvalue weighted by Crippen LogP contribution is -2.54. The zero-order valence-electron chi connectivity index (χ0n) is 14.5. The smallest absolute Gasteiger partial charge is 0.321 e. The molecule has 132 valence electrons. The molecule has 1 atom stereocenters. The summed E-state index contributed by atoms with van der Waals surface area (Å²) in [4.78, 5) is 27.6. The maximum atomic E-state index is 11.9. The minimum absolute atomic E-state index is 0.230. The summed E-state index contributed by atoms with van der Waals surface area (Å²) in [6.45, 7) is 7.02. The fraction of sp³-hybridized carbons (Fsp3) is 0.529. The van der Waals surface area contributed by atoms with Gasteiger partial charge in [0.1, 0.15) is 5.75 Å². The molecule has 7 heteroatoms. The molecule has 2 rings (SSSR count). The molecule has 0 aliphatic carbocycles. The van der Waals surface area contributed by atoms with Crippen LogP contribution in [0.4, 0.5) is 10.5 Å². The second-order valence-corrected chi connectivity index (χ2v) is 5.89. The summed E-state index contributed by atoms with van der Waals surface area (Å²) in [5, 5.41) is 4.89. The van der Waals surface area contributed by atoms with Gasteiger partial charge >= 0.3 is 6.03 Å². The number of nitrogens with zero attached hydrogens (tertiary/aromatic N) is 2. The molecule has 1 fully saturated rings. The van der Waals surface area contributed by atoms with Crippen LogP contribution in [-0.2, 0) is 4.79 Å². The summed E-state index contributed by atoms with van der Waals surface area (Å²) in [5.74, 6) is 0.562. The van der Waals surface area contributed by atoms with Crippen LogP contribution in [0.25, 0.3) is 0 Å². The van der Waals surface area contributed by atoms with E-state index in [0.29, 0.717) is 6.54 Å². The fourth-order valence-electron chi connectivity index (χ4n) is 2.92. The molecule has 1 saturated heterocycles. The maximum absolute atomic E-state index is 11.9. The quantitative estimate of drug-likeness (QED) is 0.842. The van der Waals surface area contributed by atoms with Crippen molar-refractivity contribution < 1.29 is 14.3 Å². The van der Waals surface area contributed by atoms with E-state index in [4.69, 9.17) is 4.74 Å². The van der Waals surface area contributed by atoms with E-state index in [1.807, 2.05) is 25.1 Å². The number of carbonyl (C=O) groups is 2. The highest BCUT2D eigenvalue weighted by atomic mass is 16.5. The van der Waals surface area contributed by atoms with Gasteiger partial charge in [-0.25, -0.2) is 4.79 Å². The highest BCUT2D eigenvalue weighted by Gasteiger charge is 2.25. The van der Waals surface area contributed by atoms with Gasteiger partial charge in [0.2, 0.25) is 5.91 Å². The third-order valence-electron chi connectivity index (χ3n) is 4.05. The number of carbonyl (C=O) groups excluding carboxylic acids is 2. The van der Waals surface area contributed by atoms with Crippen LogP contribution in [0.5, 0.6) is 5.75 Å². The van der Waals surface area contributed by atoms with Crippen LogP contribution in [0, 0.1) is 0 Å². The third-order valence-corrected chi connectivity index (χ3v) is 4.05. The Morgan fingerprint density at radius 2 is 2.12 bits per heavy atom. The van der Waals surface area contributed by atoms with Crippen LogP contribution in [0.1, 0.15) is 13.8 Å². The molecule has 0 bridgehead atoms. The van der Waals surface area contributed by atoms with Gasteiger partial charge in [-0.1, -0.05) is 6.07 Å². The summed E-state index contributed by atoms with van der Waals surface area (Å²) < 4.78 is 5.28. The van der Waals surface area contributed by atoms with Gasteiger partial charge in [0, 0.05) is 44.0 Å². The summed E-state index contributed by atoms with van der Waals surface area (Å²) in [6, 6.07) is 7.82. The average molecular weight is 334 g/mol. The van der Waals surface area contributed by atoms with Gasteiger partial charge in [-0.3, -0.25) is 15.0 Å². The number of hydrogen-bond acceptors (Lipinski definition) is 5. The SMILES string of the molecule is CCNC(=O)NC(=O)CN1CCN(c2cccc(OC)c2)[C@H](C)C1. The van der Waals surface area contributed by atoms with Crippen LogP contribution in [0.15, 0.2) is 24.3 Å². The Hall–Kier alpha value is -2.28. The fourth-order valence-corrected chi connectivity index (χ4v) is 2.92. The molecule has 0 aromatic heterocycles. The summed E-state index contributed by atoms with van der Waals surface area (Å²) in [7, 11) is 1.66. The number of imide groups is 1. The Balaban J connectivity index is 1.88. The molecule has 0 saturated carbocycles. The van der Waals surface area contributed by atoms with Crippen molar-refractivity contribution in [2.75, 3.05) is 44.7 Å². The van der Waals surface area contributed by atoms with Crippen LogP contribution in [-0.4, -0.2) is 62.7 Å². The van der Waals surface area contributed by atoms with Gasteiger partial charge < -0.3 is 15.0 Å². The first kappa shape index (κ1) is 18.1. The maximum Gasteiger partial charge on any atom is 0.321 e. The number of rotatable bonds is 5. The molecular formula is C17H26N4O3. The lowest BCUT2D eigenvalue weighted by molar-refractivity contribution is -0.121. The number of benzene rings is 1. The molecule has 3 amide bonds. The van der Waals surface area contributed by atoms with Crippen LogP contribution < -0.4 is 20.3 Å². The largest absolute Gasteiger partial charge is 0.497 e. The highest BCUT2D eigenvalue weighted by Crippen LogP contribution is 2.24. The lowest BCUT2D eigenvalue weighted by Gasteiger charge is -2.41. The topological polar surface area (TPSA) is 73.9 Å². The van der Waals surface area contributed by atoms with Crippen LogP contribution in [0.2, 0.25) is 0 Å². The van der Waals surface area contributed by atoms with Gasteiger partial charge in [-0.15, -0.1) is 0 Å². The number of nitrogens with one attached hydrogen (secondary N) is 2. The van der Waals surface area contributed by atoms with E-state index in [-0.39, 0.29) is 18.5 Å². The molecule has 1 aromatic carbocycles. The number of amides is 3. The molecule has 1 aliphatic heterocycles. The van der Waals surface area contributed by atoms with Crippen molar-refractivity contribution in [3.63, 3.8) is 0 Å². The first-order chi connectivity index (χ1) is 11.5. The molecular weight excluding hydrogens is 308 g/mol. The Morgan fingerprint density at radius 1 is 1.33 bits per heavy atom. The van der Waals surface area contributed by atoms with Crippen molar-refractivity contribution in [2.24, 2.45) is 0 Å². The Kier molecular flexibility index (Phi) is 6.43. The summed E-state index contributed by atoms with van der Waals surface area (Å²) in [6.07, 6.45) is 0. The molecule has 0 unspecified atom stereocenters. The number of hydrogen-bond donors (Lipinski definition) is 2. The predicted octanol–water partition coefficient (Wildman–Crippen LogP) is 1.05. The number of anilines is 1. The van der Waals surface area contributed by atoms with E-state index in [0.717, 1.165) is 31.1 Å². The van der Waals surface area contributed by atoms with E-state index in [9.17, 15) is 9.59 Å². The molecule has 0 spiro atoms. The lowest BCUT2D eigenvalue weighted by atomic mass is 10.1. The van der Waals surface area contributed by atoms with Crippen molar-refractivity contribution >= 4 is 17.6 Å². The Bertz CT molecular complexity index is 579. The number of ether oxygens (including phenoxy) is 1. The Labute approximate surface area is 142 Å². The zero-order chi connectivity index (χ0) is 17.5. The zero-order valence-corrected chi connectivity index (χ0v) is 14.5. The highest BCUT2D eigenvalue weighted by molar-refractivity contribution is 5.95. The second kappa shape index (κ2) is 8.54. The molecule has 0 radical (unpaired) electrons. The first-order valence-electron chi connectivity index (χ1n) is 8.24. The summed E-state index contributed by atoms with van der Waals surface area (Å²) in [5.41, 5.74) is 1.12. The molecule has 2 N–H and O–H groups in total. The van der Waals surface area contributed by atoms with Crippen LogP contribution in [0.3, 0.4) is 0 Å². The van der Waals surface area contributed by atoms with Crippen LogP contribution >= 0.6 is 0 Å². The first-order valence-corrected chi connectivity index (χ1v) is 8.24. The molecule has 7 nitrogen and oxygen atoms in total. The van der Waals surface area contributed by atoms with E-state index in [2.05, 4.69) is 33.4 Å². The van der Waals surface area contributed by atoms with E-state index in [1.54, 1.807) is 7.11 Å². The second-order valence-electron chi connectivity index (χ2n) is 5.89. The Morgan fingerprint density at radius 3 is 2.79 bits per heavy atom. The normalized spacial score (nSPS) is 18.1. The standard InChI is InChI=1S/C17H26N4O3/c1-4-18-17(23)19-16(22)12-20-8-9-21(13(2)11-20)14-6-5-7-15(10-14)24-3/h5-7,10,13H,4,8-9,11-12H2,1-3H3,(H2,18,19,22,23)/t13-/m1/s1. The van der Waals surface area contributed by atoms with E-state index < -0.39 is 6.03 Å². The minimum Gasteiger partial charge on any atom is -0.497 e. The number of methoxy groups -OCH3 is 1. The van der Waals surface area contributed by atoms with E-state index >= 15 is 0 Å². The average Bonchev–Trinajstić information content (AvgIpc) is 2.55. The molecule has 1 heterocycles. The number of urea groups is 1. The molecule has 24 heavy (non-hydrogen) atoms. The van der Waals surface area contributed by atoms with Crippen molar-refractivity contribution in [3.05, 3.63) is 24.3 Å². The van der Waals surface area contributed by atoms with Crippen molar-refractivity contribution in [3.8, 4) is 5.75 Å². The van der Waals surface area contributed by atoms with E-state index in [1.165, 1.54) is 0 Å². The van der Waals surface area contributed by atoms with Gasteiger partial charge in [0.25, 0.3) is 0 Å². The third kappa shape index (κ3) is 4.86. The summed E-state index contributed by atoms with van der Waals surface area (Å²) >= 11 is 0. The van der Waals surface area contributed by atoms with Crippen molar-refractivity contribution in [2.45, 2.75) is 19.9 Å².